The maximum absolute atomic E-state index is 6.13. The number of aryl methyl sites for hydroxylation is 1. The summed E-state index contributed by atoms with van der Waals surface area (Å²) in [5.41, 5.74) is 3.51. The standard InChI is InChI=1S/C21H30N4O2/c1-18-19(15-25(22-18)20-6-3-2-4-7-20)14-24-8-5-11-27-21(17-24)16-23-9-12-26-13-10-23/h2-4,6-7,15,21H,5,8-14,16-17H2,1H3. The second-order valence-corrected chi connectivity index (χ2v) is 7.51. The Morgan fingerprint density at radius 2 is 1.85 bits per heavy atom. The molecule has 3 heterocycles. The third-order valence-corrected chi connectivity index (χ3v) is 5.41. The molecule has 6 nitrogen and oxygen atoms in total. The molecule has 0 spiro atoms. The van der Waals surface area contributed by atoms with Crippen molar-refractivity contribution in [2.45, 2.75) is 26.0 Å². The smallest absolute Gasteiger partial charge is 0.0828 e. The summed E-state index contributed by atoms with van der Waals surface area (Å²) in [5, 5.41) is 4.72. The van der Waals surface area contributed by atoms with Gasteiger partial charge in [-0.2, -0.15) is 5.10 Å². The molecule has 27 heavy (non-hydrogen) atoms. The van der Waals surface area contributed by atoms with Crippen LogP contribution in [0.5, 0.6) is 0 Å². The number of hydrogen-bond donors (Lipinski definition) is 0. The fraction of sp³-hybridized carbons (Fsp3) is 0.571. The lowest BCUT2D eigenvalue weighted by molar-refractivity contribution is -0.0123. The molecular formula is C21H30N4O2. The summed E-state index contributed by atoms with van der Waals surface area (Å²) in [6, 6.07) is 10.3. The van der Waals surface area contributed by atoms with E-state index in [1.54, 1.807) is 0 Å². The maximum Gasteiger partial charge on any atom is 0.0828 e. The molecule has 0 saturated carbocycles. The zero-order valence-corrected chi connectivity index (χ0v) is 16.2. The second kappa shape index (κ2) is 8.97. The third-order valence-electron chi connectivity index (χ3n) is 5.41. The predicted molar refractivity (Wildman–Crippen MR) is 105 cm³/mol. The summed E-state index contributed by atoms with van der Waals surface area (Å²) in [4.78, 5) is 4.99. The van der Waals surface area contributed by atoms with Crippen LogP contribution in [0.25, 0.3) is 5.69 Å². The molecule has 4 rings (SSSR count). The SMILES string of the molecule is Cc1nn(-c2ccccc2)cc1CN1CCCOC(CN2CCOCC2)C1. The number of aromatic nitrogens is 2. The van der Waals surface area contributed by atoms with Crippen molar-refractivity contribution in [3.63, 3.8) is 0 Å². The van der Waals surface area contributed by atoms with Crippen LogP contribution < -0.4 is 0 Å². The summed E-state index contributed by atoms with van der Waals surface area (Å²) in [7, 11) is 0. The minimum atomic E-state index is 0.273. The van der Waals surface area contributed by atoms with E-state index >= 15 is 0 Å². The second-order valence-electron chi connectivity index (χ2n) is 7.51. The van der Waals surface area contributed by atoms with Gasteiger partial charge in [0.15, 0.2) is 0 Å². The van der Waals surface area contributed by atoms with E-state index in [2.05, 4.69) is 35.1 Å². The molecule has 0 bridgehead atoms. The van der Waals surface area contributed by atoms with Crippen molar-refractivity contribution < 1.29 is 9.47 Å². The zero-order valence-electron chi connectivity index (χ0n) is 16.2. The molecule has 2 saturated heterocycles. The van der Waals surface area contributed by atoms with Crippen molar-refractivity contribution in [2.24, 2.45) is 0 Å². The highest BCUT2D eigenvalue weighted by Crippen LogP contribution is 2.16. The number of nitrogens with zero attached hydrogens (tertiary/aromatic N) is 4. The Bertz CT molecular complexity index is 712. The first-order valence-corrected chi connectivity index (χ1v) is 10.0. The first-order chi connectivity index (χ1) is 13.3. The molecule has 0 amide bonds. The van der Waals surface area contributed by atoms with E-state index < -0.39 is 0 Å². The van der Waals surface area contributed by atoms with Gasteiger partial charge in [0.2, 0.25) is 0 Å². The Labute approximate surface area is 161 Å². The third kappa shape index (κ3) is 4.96. The molecule has 1 aromatic heterocycles. The van der Waals surface area contributed by atoms with Gasteiger partial charge in [0.25, 0.3) is 0 Å². The first-order valence-electron chi connectivity index (χ1n) is 10.0. The van der Waals surface area contributed by atoms with E-state index in [1.807, 2.05) is 22.9 Å². The molecule has 0 N–H and O–H groups in total. The summed E-state index contributed by atoms with van der Waals surface area (Å²) in [5.74, 6) is 0. The van der Waals surface area contributed by atoms with E-state index in [4.69, 9.17) is 14.6 Å². The number of ether oxygens (including phenoxy) is 2. The van der Waals surface area contributed by atoms with Crippen LogP contribution in [-0.4, -0.2) is 78.2 Å². The molecule has 2 aliphatic rings. The van der Waals surface area contributed by atoms with E-state index in [0.717, 1.165) is 76.9 Å². The van der Waals surface area contributed by atoms with E-state index in [1.165, 1.54) is 5.56 Å². The molecule has 0 aliphatic carbocycles. The molecule has 2 aliphatic heterocycles. The summed E-state index contributed by atoms with van der Waals surface area (Å²) in [6.45, 7) is 10.7. The highest BCUT2D eigenvalue weighted by Gasteiger charge is 2.23. The van der Waals surface area contributed by atoms with Gasteiger partial charge in [0, 0.05) is 57.6 Å². The maximum atomic E-state index is 6.13. The average Bonchev–Trinajstić information content (AvgIpc) is 2.92. The van der Waals surface area contributed by atoms with Crippen molar-refractivity contribution in [1.82, 2.24) is 19.6 Å². The molecule has 146 valence electrons. The Morgan fingerprint density at radius 1 is 1.04 bits per heavy atom. The quantitative estimate of drug-likeness (QED) is 0.806. The van der Waals surface area contributed by atoms with Crippen LogP contribution in [-0.2, 0) is 16.0 Å². The lowest BCUT2D eigenvalue weighted by Gasteiger charge is -2.31. The van der Waals surface area contributed by atoms with Gasteiger partial charge in [0.1, 0.15) is 0 Å². The zero-order chi connectivity index (χ0) is 18.5. The van der Waals surface area contributed by atoms with Crippen molar-refractivity contribution in [2.75, 3.05) is 52.5 Å². The van der Waals surface area contributed by atoms with Crippen LogP contribution in [0, 0.1) is 6.92 Å². The average molecular weight is 370 g/mol. The topological polar surface area (TPSA) is 42.8 Å². The van der Waals surface area contributed by atoms with Gasteiger partial charge in [-0.15, -0.1) is 0 Å². The van der Waals surface area contributed by atoms with Crippen molar-refractivity contribution in [1.29, 1.82) is 0 Å². The van der Waals surface area contributed by atoms with Gasteiger partial charge in [-0.3, -0.25) is 9.80 Å². The Balaban J connectivity index is 1.39. The van der Waals surface area contributed by atoms with Crippen LogP contribution in [0.2, 0.25) is 0 Å². The fourth-order valence-electron chi connectivity index (χ4n) is 3.90. The van der Waals surface area contributed by atoms with Crippen LogP contribution >= 0.6 is 0 Å². The van der Waals surface area contributed by atoms with Crippen molar-refractivity contribution in [3.05, 3.63) is 47.8 Å². The highest BCUT2D eigenvalue weighted by atomic mass is 16.5. The van der Waals surface area contributed by atoms with E-state index in [9.17, 15) is 0 Å². The lowest BCUT2D eigenvalue weighted by atomic mass is 10.2. The molecule has 1 atom stereocenters. The number of hydrogen-bond acceptors (Lipinski definition) is 5. The summed E-state index contributed by atoms with van der Waals surface area (Å²) < 4.78 is 13.6. The van der Waals surface area contributed by atoms with Gasteiger partial charge in [-0.1, -0.05) is 18.2 Å². The lowest BCUT2D eigenvalue weighted by Crippen LogP contribution is -2.44. The Hall–Kier alpha value is -1.73. The van der Waals surface area contributed by atoms with Crippen molar-refractivity contribution >= 4 is 0 Å². The minimum Gasteiger partial charge on any atom is -0.379 e. The molecule has 1 aromatic carbocycles. The predicted octanol–water partition coefficient (Wildman–Crippen LogP) is 2.10. The molecule has 1 unspecified atom stereocenters. The van der Waals surface area contributed by atoms with Crippen LogP contribution in [0.3, 0.4) is 0 Å². The van der Waals surface area contributed by atoms with Gasteiger partial charge in [0.05, 0.1) is 30.7 Å². The fourth-order valence-corrected chi connectivity index (χ4v) is 3.90. The van der Waals surface area contributed by atoms with Gasteiger partial charge in [-0.25, -0.2) is 4.68 Å². The Kier molecular flexibility index (Phi) is 6.19. The number of rotatable bonds is 5. The first kappa shape index (κ1) is 18.6. The molecule has 6 heteroatoms. The molecule has 2 fully saturated rings. The van der Waals surface area contributed by atoms with E-state index in [0.29, 0.717) is 0 Å². The highest BCUT2D eigenvalue weighted by molar-refractivity contribution is 5.32. The monoisotopic (exact) mass is 370 g/mol. The summed E-state index contributed by atoms with van der Waals surface area (Å²) >= 11 is 0. The molecule has 0 radical (unpaired) electrons. The number of morpholine rings is 1. The largest absolute Gasteiger partial charge is 0.379 e. The number of benzene rings is 1. The molecular weight excluding hydrogens is 340 g/mol. The van der Waals surface area contributed by atoms with E-state index in [-0.39, 0.29) is 6.10 Å². The van der Waals surface area contributed by atoms with Crippen molar-refractivity contribution in [3.8, 4) is 5.69 Å². The normalized spacial score (nSPS) is 22.6. The van der Waals surface area contributed by atoms with Crippen LogP contribution in [0.15, 0.2) is 36.5 Å². The molecule has 2 aromatic rings. The van der Waals surface area contributed by atoms with Crippen LogP contribution in [0.1, 0.15) is 17.7 Å². The van der Waals surface area contributed by atoms with Gasteiger partial charge < -0.3 is 9.47 Å². The van der Waals surface area contributed by atoms with Gasteiger partial charge in [-0.05, 0) is 25.5 Å². The minimum absolute atomic E-state index is 0.273. The van der Waals surface area contributed by atoms with Crippen LogP contribution in [0.4, 0.5) is 0 Å². The number of para-hydroxylation sites is 1. The summed E-state index contributed by atoms with van der Waals surface area (Å²) in [6.07, 6.45) is 3.54. The van der Waals surface area contributed by atoms with Gasteiger partial charge >= 0.3 is 0 Å². The Morgan fingerprint density at radius 3 is 2.67 bits per heavy atom.